The molecule has 0 aromatic carbocycles. The average Bonchev–Trinajstić information content (AvgIpc) is 2.26. The van der Waals surface area contributed by atoms with Gasteiger partial charge in [-0.1, -0.05) is 0 Å². The third kappa shape index (κ3) is 3.22. The molecule has 0 aliphatic heterocycles. The lowest BCUT2D eigenvalue weighted by molar-refractivity contribution is -0.134. The molecule has 0 bridgehead atoms. The first-order valence-electron chi connectivity index (χ1n) is 3.99. The minimum atomic E-state index is -1.02. The Kier molecular flexibility index (Phi) is 3.55. The molecule has 7 nitrogen and oxygen atoms in total. The van der Waals surface area contributed by atoms with Crippen molar-refractivity contribution in [1.29, 1.82) is 0 Å². The van der Waals surface area contributed by atoms with Gasteiger partial charge >= 0.3 is 11.9 Å². The molecule has 1 heterocycles. The van der Waals surface area contributed by atoms with Crippen LogP contribution in [0, 0.1) is 0 Å². The van der Waals surface area contributed by atoms with Gasteiger partial charge in [0.05, 0.1) is 12.7 Å². The lowest BCUT2D eigenvalue weighted by atomic mass is 10.3. The smallest absolute Gasteiger partial charge is 0.341 e. The number of carboxylic acids is 1. The number of aromatic nitrogens is 2. The van der Waals surface area contributed by atoms with E-state index in [4.69, 9.17) is 5.11 Å². The summed E-state index contributed by atoms with van der Waals surface area (Å²) in [4.78, 5) is 28.6. The number of methoxy groups -OCH3 is 1. The van der Waals surface area contributed by atoms with Crippen molar-refractivity contribution < 1.29 is 19.4 Å². The fourth-order valence-electron chi connectivity index (χ4n) is 0.797. The van der Waals surface area contributed by atoms with E-state index >= 15 is 0 Å². The number of hydrogen-bond acceptors (Lipinski definition) is 6. The number of nitrogens with one attached hydrogen (secondary N) is 1. The van der Waals surface area contributed by atoms with Crippen molar-refractivity contribution in [2.75, 3.05) is 19.0 Å². The van der Waals surface area contributed by atoms with Gasteiger partial charge in [0.1, 0.15) is 6.54 Å². The Morgan fingerprint density at radius 2 is 2.07 bits per heavy atom. The monoisotopic (exact) mass is 211 g/mol. The van der Waals surface area contributed by atoms with Crippen LogP contribution in [0.15, 0.2) is 12.4 Å². The molecule has 0 unspecified atom stereocenters. The maximum Gasteiger partial charge on any atom is 0.341 e. The quantitative estimate of drug-likeness (QED) is 0.662. The molecule has 0 spiro atoms. The van der Waals surface area contributed by atoms with E-state index in [1.807, 2.05) is 0 Å². The number of rotatable bonds is 4. The predicted octanol–water partition coefficient (Wildman–Crippen LogP) is -0.240. The van der Waals surface area contributed by atoms with Crippen LogP contribution in [0.2, 0.25) is 0 Å². The van der Waals surface area contributed by atoms with Crippen molar-refractivity contribution in [2.45, 2.75) is 0 Å². The zero-order valence-electron chi connectivity index (χ0n) is 7.93. The molecule has 1 rings (SSSR count). The first-order chi connectivity index (χ1) is 7.13. The van der Waals surface area contributed by atoms with Gasteiger partial charge in [-0.2, -0.15) is 0 Å². The van der Waals surface area contributed by atoms with Crippen LogP contribution < -0.4 is 5.32 Å². The summed E-state index contributed by atoms with van der Waals surface area (Å²) >= 11 is 0. The van der Waals surface area contributed by atoms with Gasteiger partial charge in [-0.05, 0) is 0 Å². The van der Waals surface area contributed by atoms with E-state index in [1.54, 1.807) is 0 Å². The highest BCUT2D eigenvalue weighted by molar-refractivity contribution is 5.88. The van der Waals surface area contributed by atoms with Gasteiger partial charge in [0.25, 0.3) is 0 Å². The minimum absolute atomic E-state index is 0.144. The fourth-order valence-corrected chi connectivity index (χ4v) is 0.797. The molecule has 1 aromatic rings. The molecule has 1 aromatic heterocycles. The minimum Gasteiger partial charge on any atom is -0.480 e. The average molecular weight is 211 g/mol. The third-order valence-electron chi connectivity index (χ3n) is 1.47. The first kappa shape index (κ1) is 10.9. The van der Waals surface area contributed by atoms with E-state index < -0.39 is 11.9 Å². The van der Waals surface area contributed by atoms with Crippen molar-refractivity contribution in [3.05, 3.63) is 18.0 Å². The van der Waals surface area contributed by atoms with Crippen LogP contribution in [0.3, 0.4) is 0 Å². The van der Waals surface area contributed by atoms with Gasteiger partial charge in [0.2, 0.25) is 5.95 Å². The van der Waals surface area contributed by atoms with Gasteiger partial charge in [0.15, 0.2) is 0 Å². The van der Waals surface area contributed by atoms with Crippen LogP contribution in [0.4, 0.5) is 5.95 Å². The van der Waals surface area contributed by atoms with E-state index in [0.717, 1.165) is 0 Å². The van der Waals surface area contributed by atoms with Gasteiger partial charge in [-0.3, -0.25) is 4.79 Å². The van der Waals surface area contributed by atoms with Crippen LogP contribution in [0.25, 0.3) is 0 Å². The molecule has 80 valence electrons. The van der Waals surface area contributed by atoms with Crippen LogP contribution in [0.5, 0.6) is 0 Å². The van der Waals surface area contributed by atoms with Gasteiger partial charge in [0, 0.05) is 12.4 Å². The third-order valence-corrected chi connectivity index (χ3v) is 1.47. The van der Waals surface area contributed by atoms with Gasteiger partial charge < -0.3 is 15.2 Å². The Bertz CT molecular complexity index is 363. The van der Waals surface area contributed by atoms with Gasteiger partial charge in [-0.25, -0.2) is 14.8 Å². The maximum absolute atomic E-state index is 11.0. The van der Waals surface area contributed by atoms with Crippen molar-refractivity contribution in [1.82, 2.24) is 9.97 Å². The maximum atomic E-state index is 11.0. The summed E-state index contributed by atoms with van der Waals surface area (Å²) in [5.41, 5.74) is 0.207. The number of carboxylic acid groups (broad SMARTS) is 1. The molecule has 0 aliphatic rings. The number of aliphatic carboxylic acids is 1. The standard InChI is InChI=1S/C8H9N3O4/c1-15-7(14)5-2-9-8(10-3-5)11-4-6(12)13/h2-3H,4H2,1H3,(H,12,13)(H,9,10,11). The topological polar surface area (TPSA) is 101 Å². The zero-order chi connectivity index (χ0) is 11.3. The summed E-state index contributed by atoms with van der Waals surface area (Å²) in [6.07, 6.45) is 2.51. The largest absolute Gasteiger partial charge is 0.480 e. The van der Waals surface area contributed by atoms with E-state index in [1.165, 1.54) is 19.5 Å². The molecule has 0 saturated heterocycles. The number of nitrogens with zero attached hydrogens (tertiary/aromatic N) is 2. The molecule has 2 N–H and O–H groups in total. The van der Waals surface area contributed by atoms with Crippen LogP contribution in [-0.4, -0.2) is 40.7 Å². The van der Waals surface area contributed by atoms with E-state index in [0.29, 0.717) is 0 Å². The Morgan fingerprint density at radius 3 is 2.53 bits per heavy atom. The van der Waals surface area contributed by atoms with Crippen LogP contribution >= 0.6 is 0 Å². The highest BCUT2D eigenvalue weighted by Crippen LogP contribution is 2.01. The summed E-state index contributed by atoms with van der Waals surface area (Å²) in [7, 11) is 1.25. The second-order valence-electron chi connectivity index (χ2n) is 2.53. The SMILES string of the molecule is COC(=O)c1cnc(NCC(=O)O)nc1. The van der Waals surface area contributed by atoms with Crippen LogP contribution in [0.1, 0.15) is 10.4 Å². The molecule has 15 heavy (non-hydrogen) atoms. The van der Waals surface area contributed by atoms with E-state index in [2.05, 4.69) is 20.0 Å². The first-order valence-corrected chi connectivity index (χ1v) is 3.99. The Hall–Kier alpha value is -2.18. The summed E-state index contributed by atoms with van der Waals surface area (Å²) in [6.45, 7) is -0.280. The Balaban J connectivity index is 2.64. The number of carbonyl (C=O) groups is 2. The normalized spacial score (nSPS) is 9.40. The highest BCUT2D eigenvalue weighted by Gasteiger charge is 2.06. The van der Waals surface area contributed by atoms with E-state index in [-0.39, 0.29) is 18.1 Å². The summed E-state index contributed by atoms with van der Waals surface area (Å²) in [5, 5.41) is 10.8. The van der Waals surface area contributed by atoms with Crippen LogP contribution in [-0.2, 0) is 9.53 Å². The number of esters is 1. The van der Waals surface area contributed by atoms with Crippen molar-refractivity contribution in [2.24, 2.45) is 0 Å². The van der Waals surface area contributed by atoms with E-state index in [9.17, 15) is 9.59 Å². The second-order valence-corrected chi connectivity index (χ2v) is 2.53. The Morgan fingerprint density at radius 1 is 1.47 bits per heavy atom. The van der Waals surface area contributed by atoms with Crippen molar-refractivity contribution >= 4 is 17.9 Å². The molecular formula is C8H9N3O4. The number of carbonyl (C=O) groups excluding carboxylic acids is 1. The van der Waals surface area contributed by atoms with Crippen molar-refractivity contribution in [3.63, 3.8) is 0 Å². The summed E-state index contributed by atoms with van der Waals surface area (Å²) in [6, 6.07) is 0. The van der Waals surface area contributed by atoms with Gasteiger partial charge in [-0.15, -0.1) is 0 Å². The fraction of sp³-hybridized carbons (Fsp3) is 0.250. The Labute approximate surface area is 85.1 Å². The summed E-state index contributed by atoms with van der Waals surface area (Å²) < 4.78 is 4.44. The molecule has 0 aliphatic carbocycles. The number of hydrogen-bond donors (Lipinski definition) is 2. The summed E-state index contributed by atoms with van der Waals surface area (Å²) in [5.74, 6) is -1.42. The molecule has 0 amide bonds. The zero-order valence-corrected chi connectivity index (χ0v) is 7.93. The molecule has 7 heteroatoms. The predicted molar refractivity (Wildman–Crippen MR) is 49.5 cm³/mol. The molecular weight excluding hydrogens is 202 g/mol. The second kappa shape index (κ2) is 4.89. The highest BCUT2D eigenvalue weighted by atomic mass is 16.5. The van der Waals surface area contributed by atoms with Crippen molar-refractivity contribution in [3.8, 4) is 0 Å². The molecule has 0 radical (unpaired) electrons. The molecule has 0 atom stereocenters. The molecule has 0 saturated carbocycles. The number of anilines is 1. The molecule has 0 fully saturated rings. The lowest BCUT2D eigenvalue weighted by Crippen LogP contribution is -2.14. The lowest BCUT2D eigenvalue weighted by Gasteiger charge is -2.01. The number of ether oxygens (including phenoxy) is 1.